The van der Waals surface area contributed by atoms with Crippen LogP contribution in [0.5, 0.6) is 23.0 Å². The van der Waals surface area contributed by atoms with E-state index in [9.17, 15) is 8.42 Å². The molecule has 0 spiro atoms. The number of nitrogen functional groups attached to an aromatic ring is 1. The number of benzene rings is 5. The van der Waals surface area contributed by atoms with Gasteiger partial charge < -0.3 is 24.7 Å². The molecule has 9 heteroatoms. The molecule has 0 unspecified atom stereocenters. The van der Waals surface area contributed by atoms with Gasteiger partial charge in [-0.2, -0.15) is 0 Å². The Morgan fingerprint density at radius 2 is 1.00 bits per heavy atom. The largest absolute Gasteiger partial charge is 0.454 e. The van der Waals surface area contributed by atoms with E-state index in [0.717, 1.165) is 56.5 Å². The standard InChI is InChI=1S/C22H19NO4S.C15H13NO2/c1-16-2-11-20(12-3-16)28(24,25)23-19-9-6-17(7-10-19)4-5-18-8-13-21-22(14-18)27-15-26-21;16-13-6-3-11(4-7-13)1-2-12-5-8-14-15(9-12)18-10-17-14/h2-14,23H,15H2,1H3;1-9H,10,16H2/b5-4+;2-1+. The van der Waals surface area contributed by atoms with Crippen molar-refractivity contribution in [2.45, 2.75) is 11.8 Å². The molecule has 0 radical (unpaired) electrons. The molecule has 0 fully saturated rings. The average Bonchev–Trinajstić information content (AvgIpc) is 3.74. The van der Waals surface area contributed by atoms with Crippen LogP contribution in [-0.4, -0.2) is 22.0 Å². The van der Waals surface area contributed by atoms with Crippen LogP contribution in [0.15, 0.2) is 114 Å². The number of nitrogens with two attached hydrogens (primary N) is 1. The van der Waals surface area contributed by atoms with E-state index in [1.807, 2.05) is 104 Å². The molecule has 0 saturated carbocycles. The van der Waals surface area contributed by atoms with E-state index in [4.69, 9.17) is 24.7 Å². The van der Waals surface area contributed by atoms with Gasteiger partial charge in [0.25, 0.3) is 10.0 Å². The lowest BCUT2D eigenvalue weighted by molar-refractivity contribution is 0.173. The molecule has 232 valence electrons. The van der Waals surface area contributed by atoms with E-state index in [1.54, 1.807) is 36.4 Å². The predicted octanol–water partition coefficient (Wildman–Crippen LogP) is 7.86. The number of ether oxygens (including phenoxy) is 4. The Kier molecular flexibility index (Phi) is 8.94. The van der Waals surface area contributed by atoms with Gasteiger partial charge in [-0.3, -0.25) is 4.72 Å². The Labute approximate surface area is 268 Å². The lowest BCUT2D eigenvalue weighted by atomic mass is 10.1. The highest BCUT2D eigenvalue weighted by atomic mass is 32.2. The van der Waals surface area contributed by atoms with Gasteiger partial charge in [0.2, 0.25) is 13.6 Å². The molecule has 8 nitrogen and oxygen atoms in total. The molecule has 0 atom stereocenters. The zero-order valence-electron chi connectivity index (χ0n) is 25.1. The molecule has 5 aromatic carbocycles. The Balaban J connectivity index is 0.000000178. The number of rotatable bonds is 7. The van der Waals surface area contributed by atoms with Crippen LogP contribution in [0.25, 0.3) is 24.3 Å². The third kappa shape index (κ3) is 7.69. The molecular weight excluding hydrogens is 600 g/mol. The van der Waals surface area contributed by atoms with Crippen molar-refractivity contribution in [1.29, 1.82) is 0 Å². The van der Waals surface area contributed by atoms with Crippen molar-refractivity contribution in [3.8, 4) is 23.0 Å². The maximum atomic E-state index is 12.5. The average molecular weight is 633 g/mol. The van der Waals surface area contributed by atoms with E-state index in [2.05, 4.69) is 4.72 Å². The first-order chi connectivity index (χ1) is 22.3. The van der Waals surface area contributed by atoms with Crippen molar-refractivity contribution < 1.29 is 27.4 Å². The van der Waals surface area contributed by atoms with Gasteiger partial charge in [0, 0.05) is 11.4 Å². The topological polar surface area (TPSA) is 109 Å². The van der Waals surface area contributed by atoms with Crippen molar-refractivity contribution in [2.24, 2.45) is 0 Å². The summed E-state index contributed by atoms with van der Waals surface area (Å²) < 4.78 is 48.8. The number of sulfonamides is 1. The Morgan fingerprint density at radius 1 is 0.565 bits per heavy atom. The molecule has 3 N–H and O–H groups in total. The highest BCUT2D eigenvalue weighted by Gasteiger charge is 2.14. The molecule has 0 saturated heterocycles. The number of hydrogen-bond acceptors (Lipinski definition) is 7. The van der Waals surface area contributed by atoms with Gasteiger partial charge >= 0.3 is 0 Å². The summed E-state index contributed by atoms with van der Waals surface area (Å²) in [5, 5.41) is 0. The first-order valence-electron chi connectivity index (χ1n) is 14.5. The van der Waals surface area contributed by atoms with Crippen LogP contribution in [0.2, 0.25) is 0 Å². The molecule has 0 bridgehead atoms. The van der Waals surface area contributed by atoms with Crippen LogP contribution in [0.3, 0.4) is 0 Å². The van der Waals surface area contributed by atoms with E-state index in [0.29, 0.717) is 12.5 Å². The third-order valence-corrected chi connectivity index (χ3v) is 8.56. The zero-order valence-corrected chi connectivity index (χ0v) is 25.9. The first-order valence-corrected chi connectivity index (χ1v) is 16.0. The predicted molar refractivity (Wildman–Crippen MR) is 182 cm³/mol. The van der Waals surface area contributed by atoms with E-state index >= 15 is 0 Å². The van der Waals surface area contributed by atoms with Crippen molar-refractivity contribution in [3.05, 3.63) is 137 Å². The highest BCUT2D eigenvalue weighted by molar-refractivity contribution is 7.92. The minimum atomic E-state index is -3.60. The monoisotopic (exact) mass is 632 g/mol. The van der Waals surface area contributed by atoms with Gasteiger partial charge in [-0.25, -0.2) is 8.42 Å². The zero-order chi connectivity index (χ0) is 31.9. The van der Waals surface area contributed by atoms with Gasteiger partial charge in [-0.1, -0.05) is 78.4 Å². The van der Waals surface area contributed by atoms with E-state index < -0.39 is 10.0 Å². The Morgan fingerprint density at radius 3 is 1.52 bits per heavy atom. The van der Waals surface area contributed by atoms with Crippen molar-refractivity contribution in [3.63, 3.8) is 0 Å². The molecule has 46 heavy (non-hydrogen) atoms. The minimum absolute atomic E-state index is 0.241. The summed E-state index contributed by atoms with van der Waals surface area (Å²) in [6.07, 6.45) is 7.99. The fraction of sp³-hybridized carbons (Fsp3) is 0.0811. The summed E-state index contributed by atoms with van der Waals surface area (Å²) in [5.74, 6) is 3.10. The number of fused-ring (bicyclic) bond motifs is 2. The molecule has 5 aromatic rings. The Hall–Kier alpha value is -5.67. The molecule has 0 aromatic heterocycles. The van der Waals surface area contributed by atoms with Crippen LogP contribution in [0.1, 0.15) is 27.8 Å². The van der Waals surface area contributed by atoms with Crippen molar-refractivity contribution >= 4 is 45.7 Å². The number of aryl methyl sites for hydroxylation is 1. The quantitative estimate of drug-likeness (QED) is 0.139. The Bertz CT molecular complexity index is 1990. The summed E-state index contributed by atoms with van der Waals surface area (Å²) in [7, 11) is -3.60. The molecular formula is C37H32N2O6S. The van der Waals surface area contributed by atoms with Gasteiger partial charge in [0.05, 0.1) is 4.90 Å². The maximum Gasteiger partial charge on any atom is 0.261 e. The second kappa shape index (κ2) is 13.5. The molecule has 2 aliphatic heterocycles. The van der Waals surface area contributed by atoms with Crippen LogP contribution in [0.4, 0.5) is 11.4 Å². The van der Waals surface area contributed by atoms with Crippen LogP contribution < -0.4 is 29.4 Å². The van der Waals surface area contributed by atoms with Crippen LogP contribution >= 0.6 is 0 Å². The lowest BCUT2D eigenvalue weighted by Crippen LogP contribution is -2.12. The fourth-order valence-electron chi connectivity index (χ4n) is 4.62. The van der Waals surface area contributed by atoms with Crippen LogP contribution in [0, 0.1) is 6.92 Å². The molecule has 0 amide bonds. The summed E-state index contributed by atoms with van der Waals surface area (Å²) in [6, 6.07) is 33.3. The summed E-state index contributed by atoms with van der Waals surface area (Å²) in [6.45, 7) is 2.47. The second-order valence-electron chi connectivity index (χ2n) is 10.6. The SMILES string of the molecule is Cc1ccc(S(=O)(=O)Nc2ccc(/C=C/c3ccc4c(c3)OCO4)cc2)cc1.Nc1ccc(/C=C/c2ccc3c(c2)OCO3)cc1. The molecule has 0 aliphatic carbocycles. The third-order valence-electron chi connectivity index (χ3n) is 7.16. The molecule has 2 heterocycles. The normalized spacial score (nSPS) is 13.1. The van der Waals surface area contributed by atoms with E-state index in [1.165, 1.54) is 0 Å². The fourth-order valence-corrected chi connectivity index (χ4v) is 5.68. The van der Waals surface area contributed by atoms with E-state index in [-0.39, 0.29) is 11.7 Å². The van der Waals surface area contributed by atoms with Gasteiger partial charge in [-0.15, -0.1) is 0 Å². The smallest absolute Gasteiger partial charge is 0.261 e. The number of nitrogens with one attached hydrogen (secondary N) is 1. The maximum absolute atomic E-state index is 12.5. The summed E-state index contributed by atoms with van der Waals surface area (Å²) in [5.41, 5.74) is 12.1. The lowest BCUT2D eigenvalue weighted by Gasteiger charge is -2.08. The minimum Gasteiger partial charge on any atom is -0.454 e. The molecule has 2 aliphatic rings. The summed E-state index contributed by atoms with van der Waals surface area (Å²) in [4.78, 5) is 0.241. The summed E-state index contributed by atoms with van der Waals surface area (Å²) >= 11 is 0. The highest BCUT2D eigenvalue weighted by Crippen LogP contribution is 2.34. The number of hydrogen-bond donors (Lipinski definition) is 2. The molecule has 7 rings (SSSR count). The first kappa shape index (κ1) is 30.4. The van der Waals surface area contributed by atoms with Gasteiger partial charge in [-0.05, 0) is 89.8 Å². The van der Waals surface area contributed by atoms with Crippen LogP contribution in [-0.2, 0) is 10.0 Å². The van der Waals surface area contributed by atoms with Gasteiger partial charge in [0.15, 0.2) is 23.0 Å². The van der Waals surface area contributed by atoms with Crippen molar-refractivity contribution in [2.75, 3.05) is 24.0 Å². The second-order valence-corrected chi connectivity index (χ2v) is 12.3. The van der Waals surface area contributed by atoms with Gasteiger partial charge in [0.1, 0.15) is 0 Å². The number of anilines is 2. The van der Waals surface area contributed by atoms with Crippen molar-refractivity contribution in [1.82, 2.24) is 0 Å².